The Bertz CT molecular complexity index is 639. The lowest BCUT2D eigenvalue weighted by molar-refractivity contribution is -1.00. The summed E-state index contributed by atoms with van der Waals surface area (Å²) >= 11 is 0. The molecular weight excluding hydrogens is 352 g/mol. The molecule has 1 saturated heterocycles. The highest BCUT2D eigenvalue weighted by atomic mass is 16.2. The number of carbonyl (C=O) groups excluding carboxylic acids is 2. The molecule has 0 spiro atoms. The minimum atomic E-state index is 0.0666. The van der Waals surface area contributed by atoms with Crippen LogP contribution in [0.5, 0.6) is 0 Å². The zero-order valence-corrected chi connectivity index (χ0v) is 17.8. The van der Waals surface area contributed by atoms with Crippen LogP contribution in [0.15, 0.2) is 18.2 Å². The molecule has 1 heterocycles. The normalized spacial score (nSPS) is 19.2. The van der Waals surface area contributed by atoms with Gasteiger partial charge in [-0.15, -0.1) is 0 Å². The molecule has 6 nitrogen and oxygen atoms in total. The van der Waals surface area contributed by atoms with E-state index >= 15 is 0 Å². The molecule has 1 fully saturated rings. The number of aryl methyl sites for hydroxylation is 1. The Morgan fingerprint density at radius 3 is 2.21 bits per heavy atom. The number of anilines is 1. The minimum Gasteiger partial charge on any atom is -0.351 e. The van der Waals surface area contributed by atoms with E-state index in [1.807, 2.05) is 19.1 Å². The van der Waals surface area contributed by atoms with Crippen molar-refractivity contribution in [3.8, 4) is 0 Å². The molecule has 0 saturated carbocycles. The smallest absolute Gasteiger partial charge is 0.279 e. The van der Waals surface area contributed by atoms with Crippen LogP contribution in [0.2, 0.25) is 0 Å². The number of nitrogens with one attached hydrogen (secondary N) is 4. The molecule has 0 atom stereocenters. The van der Waals surface area contributed by atoms with Gasteiger partial charge in [-0.2, -0.15) is 0 Å². The van der Waals surface area contributed by atoms with Gasteiger partial charge in [-0.25, -0.2) is 0 Å². The molecule has 6 heteroatoms. The van der Waals surface area contributed by atoms with Gasteiger partial charge in [0.1, 0.15) is 26.2 Å². The summed E-state index contributed by atoms with van der Waals surface area (Å²) in [7, 11) is 0. The number of quaternary nitrogens is 2. The zero-order valence-electron chi connectivity index (χ0n) is 17.8. The first kappa shape index (κ1) is 22.4. The maximum atomic E-state index is 12.4. The van der Waals surface area contributed by atoms with Crippen molar-refractivity contribution in [3.63, 3.8) is 0 Å². The molecule has 1 aliphatic rings. The summed E-state index contributed by atoms with van der Waals surface area (Å²) in [6, 6.07) is 5.99. The number of unbranched alkanes of at least 4 members (excludes halogenated alkanes) is 3. The Morgan fingerprint density at radius 1 is 0.929 bits per heavy atom. The largest absolute Gasteiger partial charge is 0.351 e. The van der Waals surface area contributed by atoms with E-state index in [0.717, 1.165) is 50.4 Å². The first-order chi connectivity index (χ1) is 13.5. The van der Waals surface area contributed by atoms with Gasteiger partial charge >= 0.3 is 0 Å². The predicted molar refractivity (Wildman–Crippen MR) is 113 cm³/mol. The second kappa shape index (κ2) is 11.8. The summed E-state index contributed by atoms with van der Waals surface area (Å²) < 4.78 is 0. The Kier molecular flexibility index (Phi) is 9.44. The fourth-order valence-electron chi connectivity index (χ4n) is 3.69. The lowest BCUT2D eigenvalue weighted by Gasteiger charge is -2.29. The first-order valence-corrected chi connectivity index (χ1v) is 10.8. The molecule has 1 aromatic carbocycles. The quantitative estimate of drug-likeness (QED) is 0.415. The highest BCUT2D eigenvalue weighted by Gasteiger charge is 2.26. The summed E-state index contributed by atoms with van der Waals surface area (Å²) in [5.41, 5.74) is 3.22. The number of rotatable bonds is 10. The second-order valence-corrected chi connectivity index (χ2v) is 8.06. The highest BCUT2D eigenvalue weighted by molar-refractivity contribution is 5.92. The lowest BCUT2D eigenvalue weighted by Crippen LogP contribution is -3.28. The molecule has 0 aromatic heterocycles. The minimum absolute atomic E-state index is 0.0666. The molecule has 156 valence electrons. The SMILES string of the molecule is CCCCCCNC(=O)C[NH+]1CC[NH+](CC(=O)Nc2cccc(C)c2C)CC1. The monoisotopic (exact) mass is 390 g/mol. The Morgan fingerprint density at radius 2 is 1.57 bits per heavy atom. The number of benzene rings is 1. The Balaban J connectivity index is 1.64. The van der Waals surface area contributed by atoms with Gasteiger partial charge in [0.2, 0.25) is 0 Å². The van der Waals surface area contributed by atoms with Gasteiger partial charge in [0.25, 0.3) is 11.8 Å². The third kappa shape index (κ3) is 7.60. The average molecular weight is 391 g/mol. The van der Waals surface area contributed by atoms with Gasteiger partial charge < -0.3 is 20.4 Å². The van der Waals surface area contributed by atoms with Crippen LogP contribution in [0, 0.1) is 13.8 Å². The van der Waals surface area contributed by atoms with Crippen LogP contribution in [-0.4, -0.2) is 57.6 Å². The fraction of sp³-hybridized carbons (Fsp3) is 0.636. The van der Waals surface area contributed by atoms with Crippen molar-refractivity contribution >= 4 is 17.5 Å². The van der Waals surface area contributed by atoms with E-state index in [1.54, 1.807) is 0 Å². The second-order valence-electron chi connectivity index (χ2n) is 8.06. The topological polar surface area (TPSA) is 67.1 Å². The highest BCUT2D eigenvalue weighted by Crippen LogP contribution is 2.17. The summed E-state index contributed by atoms with van der Waals surface area (Å²) in [4.78, 5) is 27.1. The van der Waals surface area contributed by atoms with Crippen LogP contribution in [0.3, 0.4) is 0 Å². The van der Waals surface area contributed by atoms with E-state index in [9.17, 15) is 9.59 Å². The molecular formula is C22H38N4O2+2. The van der Waals surface area contributed by atoms with Crippen molar-refractivity contribution in [3.05, 3.63) is 29.3 Å². The standard InChI is InChI=1S/C22H36N4O2/c1-4-5-6-7-11-23-21(27)16-25-12-14-26(15-13-25)17-22(28)24-20-10-8-9-18(2)19(20)3/h8-10H,4-7,11-17H2,1-3H3,(H,23,27)(H,24,28)/p+2. The van der Waals surface area contributed by atoms with Crippen molar-refractivity contribution in [2.75, 3.05) is 51.1 Å². The number of carbonyl (C=O) groups is 2. The van der Waals surface area contributed by atoms with Crippen molar-refractivity contribution in [2.24, 2.45) is 0 Å². The van der Waals surface area contributed by atoms with Gasteiger partial charge in [0.05, 0.1) is 0 Å². The number of amides is 2. The summed E-state index contributed by atoms with van der Waals surface area (Å²) in [6.07, 6.45) is 4.72. The first-order valence-electron chi connectivity index (χ1n) is 10.8. The average Bonchev–Trinajstić information content (AvgIpc) is 2.67. The van der Waals surface area contributed by atoms with Crippen molar-refractivity contribution in [1.29, 1.82) is 0 Å². The summed E-state index contributed by atoms with van der Waals surface area (Å²) in [5, 5.41) is 6.09. The molecule has 4 N–H and O–H groups in total. The van der Waals surface area contributed by atoms with Gasteiger partial charge in [0.15, 0.2) is 13.1 Å². The van der Waals surface area contributed by atoms with Crippen LogP contribution in [0.1, 0.15) is 43.7 Å². The van der Waals surface area contributed by atoms with Gasteiger partial charge in [-0.1, -0.05) is 38.3 Å². The molecule has 2 rings (SSSR count). The number of piperazine rings is 1. The van der Waals surface area contributed by atoms with E-state index < -0.39 is 0 Å². The predicted octanol–water partition coefficient (Wildman–Crippen LogP) is -0.278. The van der Waals surface area contributed by atoms with E-state index in [0.29, 0.717) is 13.1 Å². The van der Waals surface area contributed by atoms with Crippen LogP contribution in [0.25, 0.3) is 0 Å². The zero-order chi connectivity index (χ0) is 20.4. The van der Waals surface area contributed by atoms with Gasteiger partial charge in [-0.05, 0) is 37.5 Å². The fourth-order valence-corrected chi connectivity index (χ4v) is 3.69. The van der Waals surface area contributed by atoms with E-state index in [4.69, 9.17) is 0 Å². The third-order valence-electron chi connectivity index (χ3n) is 5.72. The van der Waals surface area contributed by atoms with Crippen LogP contribution >= 0.6 is 0 Å². The maximum absolute atomic E-state index is 12.4. The van der Waals surface area contributed by atoms with Gasteiger partial charge in [-0.3, -0.25) is 9.59 Å². The van der Waals surface area contributed by atoms with E-state index in [2.05, 4.69) is 30.5 Å². The third-order valence-corrected chi connectivity index (χ3v) is 5.72. The summed E-state index contributed by atoms with van der Waals surface area (Å²) in [5.74, 6) is 0.222. The number of hydrogen-bond donors (Lipinski definition) is 4. The van der Waals surface area contributed by atoms with Crippen LogP contribution in [0.4, 0.5) is 5.69 Å². The lowest BCUT2D eigenvalue weighted by atomic mass is 10.1. The molecule has 28 heavy (non-hydrogen) atoms. The van der Waals surface area contributed by atoms with Crippen LogP contribution in [-0.2, 0) is 9.59 Å². The summed E-state index contributed by atoms with van der Waals surface area (Å²) in [6.45, 7) is 11.9. The molecule has 0 unspecified atom stereocenters. The number of hydrogen-bond acceptors (Lipinski definition) is 2. The molecule has 0 radical (unpaired) electrons. The van der Waals surface area contributed by atoms with Crippen molar-refractivity contribution < 1.29 is 19.4 Å². The van der Waals surface area contributed by atoms with E-state index in [1.165, 1.54) is 34.6 Å². The van der Waals surface area contributed by atoms with E-state index in [-0.39, 0.29) is 11.8 Å². The Labute approximate surface area is 169 Å². The molecule has 1 aliphatic heterocycles. The maximum Gasteiger partial charge on any atom is 0.279 e. The molecule has 2 amide bonds. The Hall–Kier alpha value is -1.92. The molecule has 0 aliphatic carbocycles. The van der Waals surface area contributed by atoms with Crippen molar-refractivity contribution in [2.45, 2.75) is 46.5 Å². The van der Waals surface area contributed by atoms with Crippen LogP contribution < -0.4 is 20.4 Å². The van der Waals surface area contributed by atoms with Crippen molar-refractivity contribution in [1.82, 2.24) is 5.32 Å². The molecule has 1 aromatic rings. The van der Waals surface area contributed by atoms with Gasteiger partial charge in [0, 0.05) is 12.2 Å². The molecule has 0 bridgehead atoms.